The second kappa shape index (κ2) is 2.73. The Balaban J connectivity index is 2.54. The van der Waals surface area contributed by atoms with Crippen molar-refractivity contribution in [1.29, 1.82) is 0 Å². The van der Waals surface area contributed by atoms with Crippen LogP contribution in [-0.2, 0) is 9.59 Å². The Morgan fingerprint density at radius 1 is 1.43 bits per heavy atom. The zero-order valence-corrected chi connectivity index (χ0v) is 8.04. The summed E-state index contributed by atoms with van der Waals surface area (Å²) in [6.07, 6.45) is 1.43. The van der Waals surface area contributed by atoms with Crippen molar-refractivity contribution in [3.63, 3.8) is 0 Å². The molecule has 0 saturated heterocycles. The van der Waals surface area contributed by atoms with Crippen molar-refractivity contribution < 1.29 is 19.8 Å². The van der Waals surface area contributed by atoms with E-state index in [9.17, 15) is 9.59 Å². The van der Waals surface area contributed by atoms with E-state index in [4.69, 9.17) is 21.8 Å². The normalized spacial score (nSPS) is 35.1. The fourth-order valence-electron chi connectivity index (χ4n) is 2.53. The highest BCUT2D eigenvalue weighted by Gasteiger charge is 2.58. The number of carboxylic acids is 2. The van der Waals surface area contributed by atoms with Gasteiger partial charge in [0.25, 0.3) is 0 Å². The summed E-state index contributed by atoms with van der Waals surface area (Å²) in [5.41, 5.74) is -1.31. The molecule has 0 spiro atoms. The van der Waals surface area contributed by atoms with Crippen LogP contribution >= 0.6 is 11.6 Å². The molecule has 14 heavy (non-hydrogen) atoms. The summed E-state index contributed by atoms with van der Waals surface area (Å²) in [5, 5.41) is 18.2. The molecule has 0 aliphatic heterocycles. The maximum absolute atomic E-state index is 11.1. The van der Waals surface area contributed by atoms with Crippen LogP contribution in [0.1, 0.15) is 19.3 Å². The van der Waals surface area contributed by atoms with Crippen LogP contribution in [0.25, 0.3) is 0 Å². The van der Waals surface area contributed by atoms with Gasteiger partial charge in [-0.2, -0.15) is 0 Å². The molecule has 1 saturated carbocycles. The Kier molecular flexibility index (Phi) is 1.86. The Morgan fingerprint density at radius 2 is 2.07 bits per heavy atom. The summed E-state index contributed by atoms with van der Waals surface area (Å²) in [5.74, 6) is -2.31. The Hall–Kier alpha value is -1.03. The number of aliphatic carboxylic acids is 2. The monoisotopic (exact) mass is 216 g/mol. The van der Waals surface area contributed by atoms with Crippen LogP contribution in [0.5, 0.6) is 0 Å². The number of carbonyl (C=O) groups is 2. The first-order valence-electron chi connectivity index (χ1n) is 4.36. The highest BCUT2D eigenvalue weighted by Crippen LogP contribution is 2.58. The molecule has 2 atom stereocenters. The Labute approximate surface area is 85.2 Å². The van der Waals surface area contributed by atoms with Crippen LogP contribution < -0.4 is 0 Å². The largest absolute Gasteiger partial charge is 0.481 e. The molecule has 2 bridgehead atoms. The average molecular weight is 217 g/mol. The van der Waals surface area contributed by atoms with Gasteiger partial charge in [-0.25, -0.2) is 4.79 Å². The minimum Gasteiger partial charge on any atom is -0.481 e. The predicted molar refractivity (Wildman–Crippen MR) is 47.9 cm³/mol. The van der Waals surface area contributed by atoms with Gasteiger partial charge < -0.3 is 10.2 Å². The van der Waals surface area contributed by atoms with Gasteiger partial charge in [-0.15, -0.1) is 0 Å². The van der Waals surface area contributed by atoms with E-state index in [1.807, 2.05) is 0 Å². The van der Waals surface area contributed by atoms with Gasteiger partial charge >= 0.3 is 11.9 Å². The lowest BCUT2D eigenvalue weighted by Crippen LogP contribution is -2.32. The van der Waals surface area contributed by atoms with E-state index in [-0.39, 0.29) is 16.5 Å². The summed E-state index contributed by atoms with van der Waals surface area (Å²) >= 11 is 5.84. The van der Waals surface area contributed by atoms with Gasteiger partial charge in [0.05, 0.1) is 5.57 Å². The van der Waals surface area contributed by atoms with Gasteiger partial charge in [0.2, 0.25) is 0 Å². The third-order valence-electron chi connectivity index (χ3n) is 3.21. The highest BCUT2D eigenvalue weighted by atomic mass is 35.5. The molecule has 0 amide bonds. The zero-order chi connectivity index (χ0) is 10.5. The van der Waals surface area contributed by atoms with Crippen LogP contribution in [0.15, 0.2) is 10.6 Å². The summed E-state index contributed by atoms with van der Waals surface area (Å²) in [6, 6.07) is 0. The van der Waals surface area contributed by atoms with Gasteiger partial charge in [-0.1, -0.05) is 11.6 Å². The Bertz CT molecular complexity index is 360. The van der Waals surface area contributed by atoms with Crippen LogP contribution in [0.2, 0.25) is 0 Å². The lowest BCUT2D eigenvalue weighted by molar-refractivity contribution is -0.149. The van der Waals surface area contributed by atoms with E-state index in [2.05, 4.69) is 0 Å². The van der Waals surface area contributed by atoms with E-state index in [0.29, 0.717) is 19.3 Å². The van der Waals surface area contributed by atoms with Gasteiger partial charge in [0.1, 0.15) is 5.41 Å². The molecule has 1 fully saturated rings. The molecule has 0 radical (unpaired) electrons. The van der Waals surface area contributed by atoms with E-state index in [1.165, 1.54) is 0 Å². The molecular formula is C9H9ClO4. The third kappa shape index (κ3) is 0.945. The van der Waals surface area contributed by atoms with Crippen molar-refractivity contribution >= 4 is 23.5 Å². The third-order valence-corrected chi connectivity index (χ3v) is 3.71. The minimum absolute atomic E-state index is 0.0566. The predicted octanol–water partition coefficient (Wildman–Crippen LogP) is 1.45. The van der Waals surface area contributed by atoms with E-state index >= 15 is 0 Å². The number of hydrogen-bond acceptors (Lipinski definition) is 2. The number of rotatable bonds is 2. The second-order valence-electron chi connectivity index (χ2n) is 3.86. The number of carboxylic acid groups (broad SMARTS) is 2. The van der Waals surface area contributed by atoms with Gasteiger partial charge in [0.15, 0.2) is 0 Å². The molecule has 0 aromatic rings. The standard InChI is InChI=1S/C9H9ClO4/c10-6-4-1-2-9(3-4,8(13)14)5(6)7(11)12/h4H,1-3H2,(H,11,12)(H,13,14). The van der Waals surface area contributed by atoms with E-state index in [1.54, 1.807) is 0 Å². The number of fused-ring (bicyclic) bond motifs is 2. The number of allylic oxidation sites excluding steroid dienone is 1. The SMILES string of the molecule is O=C(O)C1=C(Cl)C2CCC1(C(=O)O)C2. The van der Waals surface area contributed by atoms with Crippen LogP contribution in [-0.4, -0.2) is 22.2 Å². The number of halogens is 1. The first-order valence-corrected chi connectivity index (χ1v) is 4.73. The average Bonchev–Trinajstić information content (AvgIpc) is 2.59. The lowest BCUT2D eigenvalue weighted by Gasteiger charge is -2.22. The molecule has 2 unspecified atom stereocenters. The molecule has 2 rings (SSSR count). The van der Waals surface area contributed by atoms with E-state index < -0.39 is 17.4 Å². The van der Waals surface area contributed by atoms with Gasteiger partial charge in [-0.05, 0) is 25.2 Å². The maximum atomic E-state index is 11.1. The molecule has 0 heterocycles. The van der Waals surface area contributed by atoms with Gasteiger partial charge in [-0.3, -0.25) is 4.79 Å². The van der Waals surface area contributed by atoms with Gasteiger partial charge in [0, 0.05) is 5.03 Å². The quantitative estimate of drug-likeness (QED) is 0.733. The highest BCUT2D eigenvalue weighted by molar-refractivity contribution is 6.33. The molecule has 2 aliphatic rings. The molecule has 2 N–H and O–H groups in total. The van der Waals surface area contributed by atoms with Crippen molar-refractivity contribution in [2.24, 2.45) is 11.3 Å². The molecular weight excluding hydrogens is 208 g/mol. The molecule has 5 heteroatoms. The molecule has 2 aliphatic carbocycles. The topological polar surface area (TPSA) is 74.6 Å². The smallest absolute Gasteiger partial charge is 0.333 e. The fraction of sp³-hybridized carbons (Fsp3) is 0.556. The van der Waals surface area contributed by atoms with Crippen molar-refractivity contribution in [2.75, 3.05) is 0 Å². The summed E-state index contributed by atoms with van der Waals surface area (Å²) in [6.45, 7) is 0. The van der Waals surface area contributed by atoms with Crippen molar-refractivity contribution in [2.45, 2.75) is 19.3 Å². The van der Waals surface area contributed by atoms with Crippen molar-refractivity contribution in [1.82, 2.24) is 0 Å². The molecule has 76 valence electrons. The van der Waals surface area contributed by atoms with E-state index in [0.717, 1.165) is 0 Å². The number of hydrogen-bond donors (Lipinski definition) is 2. The fourth-order valence-corrected chi connectivity index (χ4v) is 2.98. The molecule has 0 aromatic heterocycles. The lowest BCUT2D eigenvalue weighted by atomic mass is 9.80. The summed E-state index contributed by atoms with van der Waals surface area (Å²) < 4.78 is 0. The Morgan fingerprint density at radius 3 is 2.50 bits per heavy atom. The summed E-state index contributed by atoms with van der Waals surface area (Å²) in [4.78, 5) is 22.0. The molecule has 0 aromatic carbocycles. The van der Waals surface area contributed by atoms with Crippen LogP contribution in [0, 0.1) is 11.3 Å². The summed E-state index contributed by atoms with van der Waals surface area (Å²) in [7, 11) is 0. The second-order valence-corrected chi connectivity index (χ2v) is 4.26. The van der Waals surface area contributed by atoms with Crippen LogP contribution in [0.3, 0.4) is 0 Å². The van der Waals surface area contributed by atoms with Crippen molar-refractivity contribution in [3.8, 4) is 0 Å². The van der Waals surface area contributed by atoms with Crippen LogP contribution in [0.4, 0.5) is 0 Å². The minimum atomic E-state index is -1.21. The maximum Gasteiger partial charge on any atom is 0.333 e. The van der Waals surface area contributed by atoms with Crippen molar-refractivity contribution in [3.05, 3.63) is 10.6 Å². The first-order chi connectivity index (χ1) is 6.49. The first kappa shape index (κ1) is 9.52. The molecule has 4 nitrogen and oxygen atoms in total. The zero-order valence-electron chi connectivity index (χ0n) is 7.29.